The van der Waals surface area contributed by atoms with Gasteiger partial charge in [0.1, 0.15) is 49.4 Å². The topological polar surface area (TPSA) is 102 Å². The maximum atomic E-state index is 12.8. The highest BCUT2D eigenvalue weighted by atomic mass is 19.4. The zero-order chi connectivity index (χ0) is 76.2. The molecule has 11 nitrogen and oxygen atoms in total. The van der Waals surface area contributed by atoms with Gasteiger partial charge in [0.25, 0.3) is 0 Å². The Hall–Kier alpha value is -5.97. The van der Waals surface area contributed by atoms with Gasteiger partial charge in [-0.05, 0) is 223 Å². The van der Waals surface area contributed by atoms with Crippen molar-refractivity contribution in [3.8, 4) is 23.0 Å². The molecule has 0 saturated heterocycles. The van der Waals surface area contributed by atoms with Crippen LogP contribution in [-0.2, 0) is 52.4 Å². The summed E-state index contributed by atoms with van der Waals surface area (Å²) in [6.07, 6.45) is 12.5. The van der Waals surface area contributed by atoms with Crippen molar-refractivity contribution < 1.29 is 65.3 Å². The number of hydrogen-bond acceptors (Lipinski definition) is 11. The highest BCUT2D eigenvalue weighted by Crippen LogP contribution is 2.39. The summed E-state index contributed by atoms with van der Waals surface area (Å²) in [5.74, 6) is 5.37. The molecule has 580 valence electrons. The zero-order valence-electron chi connectivity index (χ0n) is 67.0. The van der Waals surface area contributed by atoms with Crippen LogP contribution in [0.2, 0.25) is 0 Å². The highest BCUT2D eigenvalue weighted by molar-refractivity contribution is 5.45. The van der Waals surface area contributed by atoms with Gasteiger partial charge in [0.05, 0.1) is 87.9 Å². The molecule has 0 aliphatic heterocycles. The molecule has 0 aromatic heterocycles. The second kappa shape index (κ2) is 56.4. The minimum absolute atomic E-state index is 0.0348. The van der Waals surface area contributed by atoms with E-state index in [4.69, 9.17) is 52.1 Å². The second-order valence-corrected chi connectivity index (χ2v) is 28.7. The molecule has 0 atom stereocenters. The number of aryl methyl sites for hydroxylation is 1. The number of hydrogen-bond donors (Lipinski definition) is 0. The Kier molecular flexibility index (Phi) is 51.0. The van der Waals surface area contributed by atoms with Gasteiger partial charge in [-0.3, -0.25) is 0 Å². The van der Waals surface area contributed by atoms with Crippen LogP contribution in [0.15, 0.2) is 152 Å². The lowest BCUT2D eigenvalue weighted by atomic mass is 9.84. The SMILES string of the molecule is CC(C)OCC1CCCCC1.CC(C)OCCOc1c(C(C)C)cccc1C(C)C.CC(C)OCCOc1ccc(C2CCCCC2)cc1.CC(C)OCCOc1ccccc1.CC(C)OCCc1ccccc1.CC(C)OCc1ccccc1.Cc1cccc(C(F)(F)F)c1OCCOC(C)C. The van der Waals surface area contributed by atoms with Crippen LogP contribution in [0.3, 0.4) is 0 Å². The number of alkyl halides is 3. The Morgan fingerprint density at radius 3 is 1.15 bits per heavy atom. The molecule has 0 bridgehead atoms. The van der Waals surface area contributed by atoms with Gasteiger partial charge < -0.3 is 52.1 Å². The standard InChI is InChI=1S/C17H26O2.C17H28O2.C13H17F3O2.C11H16O2.C11H16O.C10H20O.C10H14O/c1-14(2)18-12-13-19-17-10-8-16(9-11-17)15-6-4-3-5-7-15;1-12(2)15-8-7-9-16(13(3)4)17(15)19-11-10-18-14(5)6;1-9(2)17-7-8-18-12-10(3)5-4-6-11(12)13(14,15)16;1-10(2)12-8-9-13-11-6-4-3-5-7-11;1-10(2)12-9-8-11-6-4-3-5-7-11;2*1-9(2)11-8-10-6-4-3-5-7-10/h8-11,14-15H,3-7,12-13H2,1-2H3;7-9,12-14H,10-11H2,1-6H3;4-6,9H,7-8H2,1-3H3;3-7,10H,8-9H2,1-2H3;3-7,10H,8-9H2,1-2H3;9-10H,3-8H2,1-2H3;3-7,9H,8H2,1-2H3. The van der Waals surface area contributed by atoms with Gasteiger partial charge in [0.2, 0.25) is 0 Å². The van der Waals surface area contributed by atoms with E-state index in [9.17, 15) is 13.2 Å². The summed E-state index contributed by atoms with van der Waals surface area (Å²) in [7, 11) is 0. The van der Waals surface area contributed by atoms with E-state index in [2.05, 4.69) is 134 Å². The van der Waals surface area contributed by atoms with E-state index < -0.39 is 11.7 Å². The van der Waals surface area contributed by atoms with E-state index >= 15 is 0 Å². The van der Waals surface area contributed by atoms with Crippen molar-refractivity contribution in [2.24, 2.45) is 5.92 Å². The first-order chi connectivity index (χ1) is 49.2. The van der Waals surface area contributed by atoms with Gasteiger partial charge in [0.15, 0.2) is 0 Å². The average molecular weight is 1440 g/mol. The highest BCUT2D eigenvalue weighted by Gasteiger charge is 2.35. The third-order valence-electron chi connectivity index (χ3n) is 16.2. The molecular formula is C89H137F3O11. The minimum Gasteiger partial charge on any atom is -0.491 e. The van der Waals surface area contributed by atoms with Crippen LogP contribution in [0.5, 0.6) is 23.0 Å². The van der Waals surface area contributed by atoms with Gasteiger partial charge in [-0.25, -0.2) is 0 Å². The van der Waals surface area contributed by atoms with E-state index in [1.54, 1.807) is 13.0 Å². The first-order valence-corrected chi connectivity index (χ1v) is 38.5. The van der Waals surface area contributed by atoms with Crippen LogP contribution >= 0.6 is 0 Å². The number of benzene rings is 6. The summed E-state index contributed by atoms with van der Waals surface area (Å²) in [5.41, 5.74) is 6.36. The van der Waals surface area contributed by atoms with E-state index in [1.807, 2.05) is 124 Å². The Bertz CT molecular complexity index is 2900. The maximum absolute atomic E-state index is 12.8. The third kappa shape index (κ3) is 47.3. The van der Waals surface area contributed by atoms with Crippen molar-refractivity contribution in [2.75, 3.05) is 66.1 Å². The smallest absolute Gasteiger partial charge is 0.419 e. The van der Waals surface area contributed by atoms with Crippen molar-refractivity contribution >= 4 is 0 Å². The molecule has 103 heavy (non-hydrogen) atoms. The average Bonchev–Trinajstić information content (AvgIpc) is 0.831. The fourth-order valence-corrected chi connectivity index (χ4v) is 10.8. The maximum Gasteiger partial charge on any atom is 0.419 e. The molecule has 0 radical (unpaired) electrons. The summed E-state index contributed by atoms with van der Waals surface area (Å²) in [5, 5.41) is 0. The molecule has 6 aromatic carbocycles. The third-order valence-corrected chi connectivity index (χ3v) is 16.2. The monoisotopic (exact) mass is 1440 g/mol. The van der Waals surface area contributed by atoms with E-state index in [0.717, 1.165) is 61.4 Å². The molecule has 0 heterocycles. The molecule has 8 rings (SSSR count). The van der Waals surface area contributed by atoms with Crippen molar-refractivity contribution in [3.05, 3.63) is 191 Å². The molecule has 2 aliphatic rings. The predicted molar refractivity (Wildman–Crippen MR) is 421 cm³/mol. The number of ether oxygens (including phenoxy) is 11. The summed E-state index contributed by atoms with van der Waals surface area (Å²) >= 11 is 0. The van der Waals surface area contributed by atoms with Crippen molar-refractivity contribution in [1.29, 1.82) is 0 Å². The number of rotatable bonds is 33. The van der Waals surface area contributed by atoms with Crippen molar-refractivity contribution in [1.82, 2.24) is 0 Å². The van der Waals surface area contributed by atoms with Gasteiger partial charge in [-0.15, -0.1) is 0 Å². The van der Waals surface area contributed by atoms with E-state index in [1.165, 1.54) is 98.1 Å². The van der Waals surface area contributed by atoms with Gasteiger partial charge in [0, 0.05) is 6.61 Å². The lowest BCUT2D eigenvalue weighted by Gasteiger charge is -2.22. The molecule has 0 amide bonds. The van der Waals surface area contributed by atoms with Gasteiger partial charge >= 0.3 is 6.18 Å². The molecule has 14 heteroatoms. The summed E-state index contributed by atoms with van der Waals surface area (Å²) in [6.45, 7) is 45.5. The van der Waals surface area contributed by atoms with Crippen molar-refractivity contribution in [3.63, 3.8) is 0 Å². The zero-order valence-corrected chi connectivity index (χ0v) is 67.0. The lowest BCUT2D eigenvalue weighted by molar-refractivity contribution is -0.139. The van der Waals surface area contributed by atoms with Crippen LogP contribution in [0.25, 0.3) is 0 Å². The predicted octanol–water partition coefficient (Wildman–Crippen LogP) is 23.8. The molecule has 2 saturated carbocycles. The first kappa shape index (κ1) is 93.1. The molecule has 2 fully saturated rings. The molecule has 6 aromatic rings. The van der Waals surface area contributed by atoms with E-state index in [0.29, 0.717) is 75.4 Å². The number of para-hydroxylation sites is 3. The van der Waals surface area contributed by atoms with Gasteiger partial charge in [-0.1, -0.05) is 188 Å². The van der Waals surface area contributed by atoms with Crippen molar-refractivity contribution in [2.45, 2.75) is 275 Å². The summed E-state index contributed by atoms with van der Waals surface area (Å²) < 4.78 is 98.6. The van der Waals surface area contributed by atoms with Crippen LogP contribution in [0.1, 0.15) is 246 Å². The molecule has 2 aliphatic carbocycles. The largest absolute Gasteiger partial charge is 0.491 e. The fourth-order valence-electron chi connectivity index (χ4n) is 10.8. The minimum atomic E-state index is -4.40. The quantitative estimate of drug-likeness (QED) is 0.0368. The Labute approximate surface area is 623 Å². The van der Waals surface area contributed by atoms with Crippen LogP contribution in [0.4, 0.5) is 13.2 Å². The normalized spacial score (nSPS) is 13.2. The lowest BCUT2D eigenvalue weighted by Crippen LogP contribution is -2.16. The number of halogens is 3. The Morgan fingerprint density at radius 1 is 0.340 bits per heavy atom. The Balaban J connectivity index is 0.000000413. The molecular weight excluding hydrogens is 1300 g/mol. The fraction of sp³-hybridized carbons (Fsp3) is 0.596. The van der Waals surface area contributed by atoms with Gasteiger partial charge in [-0.2, -0.15) is 13.2 Å². The summed E-state index contributed by atoms with van der Waals surface area (Å²) in [6, 6.07) is 49.5. The molecule has 0 unspecified atom stereocenters. The van der Waals surface area contributed by atoms with Crippen LogP contribution in [-0.4, -0.2) is 109 Å². The second-order valence-electron chi connectivity index (χ2n) is 28.7. The summed E-state index contributed by atoms with van der Waals surface area (Å²) in [4.78, 5) is 0. The van der Waals surface area contributed by atoms with E-state index in [-0.39, 0.29) is 43.4 Å². The van der Waals surface area contributed by atoms with Crippen LogP contribution in [0, 0.1) is 12.8 Å². The Morgan fingerprint density at radius 2 is 0.718 bits per heavy atom. The first-order valence-electron chi connectivity index (χ1n) is 38.5. The van der Waals surface area contributed by atoms with Crippen LogP contribution < -0.4 is 18.9 Å². The molecule has 0 N–H and O–H groups in total. The molecule has 0 spiro atoms.